The zero-order chi connectivity index (χ0) is 17.4. The molecular formula is C19H19N3O3. The van der Waals surface area contributed by atoms with Crippen LogP contribution in [0.5, 0.6) is 0 Å². The van der Waals surface area contributed by atoms with Crippen LogP contribution in [0.4, 0.5) is 0 Å². The average Bonchev–Trinajstić information content (AvgIpc) is 2.97. The molecule has 1 aromatic carbocycles. The summed E-state index contributed by atoms with van der Waals surface area (Å²) in [7, 11) is 0. The number of H-pyrrole nitrogens is 1. The first-order valence-corrected chi connectivity index (χ1v) is 8.48. The van der Waals surface area contributed by atoms with Gasteiger partial charge in [-0.3, -0.25) is 9.59 Å². The van der Waals surface area contributed by atoms with E-state index in [1.54, 1.807) is 6.92 Å². The molecule has 1 amide bonds. The van der Waals surface area contributed by atoms with Gasteiger partial charge in [0.1, 0.15) is 11.1 Å². The van der Waals surface area contributed by atoms with Crippen LogP contribution in [0.3, 0.4) is 0 Å². The van der Waals surface area contributed by atoms with Crippen LogP contribution in [0.1, 0.15) is 46.0 Å². The summed E-state index contributed by atoms with van der Waals surface area (Å²) >= 11 is 0. The number of fused-ring (bicyclic) bond motifs is 2. The second-order valence-electron chi connectivity index (χ2n) is 6.44. The Morgan fingerprint density at radius 2 is 2.24 bits per heavy atom. The lowest BCUT2D eigenvalue weighted by atomic mass is 9.83. The van der Waals surface area contributed by atoms with Crippen LogP contribution in [0.15, 0.2) is 39.8 Å². The molecule has 3 aromatic rings. The molecule has 1 unspecified atom stereocenters. The van der Waals surface area contributed by atoms with E-state index < -0.39 is 0 Å². The molecule has 128 valence electrons. The summed E-state index contributed by atoms with van der Waals surface area (Å²) in [4.78, 5) is 31.2. The Balaban J connectivity index is 1.58. The van der Waals surface area contributed by atoms with Crippen molar-refractivity contribution in [3.8, 4) is 0 Å². The highest BCUT2D eigenvalue weighted by Crippen LogP contribution is 2.31. The van der Waals surface area contributed by atoms with Crippen LogP contribution < -0.4 is 10.9 Å². The molecule has 1 aliphatic carbocycles. The van der Waals surface area contributed by atoms with Crippen LogP contribution in [0.2, 0.25) is 0 Å². The van der Waals surface area contributed by atoms with Crippen molar-refractivity contribution in [1.29, 1.82) is 0 Å². The van der Waals surface area contributed by atoms with Crippen molar-refractivity contribution in [3.05, 3.63) is 63.4 Å². The Morgan fingerprint density at radius 3 is 3.12 bits per heavy atom. The summed E-state index contributed by atoms with van der Waals surface area (Å²) in [6, 6.07) is 8.39. The molecule has 0 spiro atoms. The Hall–Kier alpha value is -2.89. The molecule has 1 aliphatic rings. The topological polar surface area (TPSA) is 88.0 Å². The molecule has 1 atom stereocenters. The Morgan fingerprint density at radius 1 is 1.40 bits per heavy atom. The molecule has 4 rings (SSSR count). The summed E-state index contributed by atoms with van der Waals surface area (Å²) in [6.07, 6.45) is 4.53. The van der Waals surface area contributed by atoms with Crippen LogP contribution >= 0.6 is 0 Å². The van der Waals surface area contributed by atoms with Crippen molar-refractivity contribution in [1.82, 2.24) is 15.3 Å². The van der Waals surface area contributed by atoms with Gasteiger partial charge >= 0.3 is 0 Å². The van der Waals surface area contributed by atoms with Gasteiger partial charge in [0.15, 0.2) is 0 Å². The van der Waals surface area contributed by atoms with Crippen molar-refractivity contribution in [2.24, 2.45) is 0 Å². The largest absolute Gasteiger partial charge is 0.442 e. The van der Waals surface area contributed by atoms with E-state index in [9.17, 15) is 9.59 Å². The minimum Gasteiger partial charge on any atom is -0.442 e. The SMILES string of the molecule is Cc1oc2nc[nH]c(=O)c2c1C(=O)NCC1CCCc2ccccc21. The zero-order valence-electron chi connectivity index (χ0n) is 14.0. The van der Waals surface area contributed by atoms with Crippen LogP contribution in [0.25, 0.3) is 11.1 Å². The number of furan rings is 1. The van der Waals surface area contributed by atoms with Gasteiger partial charge in [-0.2, -0.15) is 0 Å². The van der Waals surface area contributed by atoms with Crippen LogP contribution in [0, 0.1) is 6.92 Å². The number of benzene rings is 1. The first-order chi connectivity index (χ1) is 12.1. The normalized spacial score (nSPS) is 16.6. The van der Waals surface area contributed by atoms with Crippen molar-refractivity contribution < 1.29 is 9.21 Å². The summed E-state index contributed by atoms with van der Waals surface area (Å²) in [6.45, 7) is 2.21. The van der Waals surface area contributed by atoms with Gasteiger partial charge in [0.2, 0.25) is 5.71 Å². The molecule has 0 aliphatic heterocycles. The third-order valence-corrected chi connectivity index (χ3v) is 4.90. The van der Waals surface area contributed by atoms with E-state index in [0.29, 0.717) is 18.2 Å². The lowest BCUT2D eigenvalue weighted by Crippen LogP contribution is -2.30. The predicted molar refractivity (Wildman–Crippen MR) is 93.8 cm³/mol. The number of carbonyl (C=O) groups is 1. The Kier molecular flexibility index (Phi) is 3.87. The van der Waals surface area contributed by atoms with Gasteiger partial charge in [-0.15, -0.1) is 0 Å². The number of aryl methyl sites for hydroxylation is 2. The van der Waals surface area contributed by atoms with Gasteiger partial charge in [-0.25, -0.2) is 4.98 Å². The van der Waals surface area contributed by atoms with Crippen molar-refractivity contribution in [2.45, 2.75) is 32.1 Å². The first-order valence-electron chi connectivity index (χ1n) is 8.48. The third-order valence-electron chi connectivity index (χ3n) is 4.90. The monoisotopic (exact) mass is 337 g/mol. The highest BCUT2D eigenvalue weighted by molar-refractivity contribution is 6.06. The average molecular weight is 337 g/mol. The second kappa shape index (κ2) is 6.20. The number of nitrogens with zero attached hydrogens (tertiary/aromatic N) is 1. The minimum atomic E-state index is -0.366. The van der Waals surface area contributed by atoms with Gasteiger partial charge in [0.05, 0.1) is 11.9 Å². The maximum atomic E-state index is 12.7. The lowest BCUT2D eigenvalue weighted by Gasteiger charge is -2.25. The number of nitrogens with one attached hydrogen (secondary N) is 2. The Labute approximate surface area is 144 Å². The minimum absolute atomic E-state index is 0.189. The zero-order valence-corrected chi connectivity index (χ0v) is 14.0. The first kappa shape index (κ1) is 15.6. The molecule has 2 N–H and O–H groups in total. The highest BCUT2D eigenvalue weighted by Gasteiger charge is 2.24. The van der Waals surface area contributed by atoms with E-state index in [1.165, 1.54) is 17.5 Å². The van der Waals surface area contributed by atoms with Gasteiger partial charge in [-0.1, -0.05) is 24.3 Å². The van der Waals surface area contributed by atoms with Crippen LogP contribution in [-0.2, 0) is 6.42 Å². The molecule has 0 fully saturated rings. The predicted octanol–water partition coefficient (Wildman–Crippen LogP) is 2.67. The number of hydrogen-bond donors (Lipinski definition) is 2. The summed E-state index contributed by atoms with van der Waals surface area (Å²) in [5, 5.41) is 3.19. The number of aromatic amines is 1. The van der Waals surface area contributed by atoms with Crippen molar-refractivity contribution in [3.63, 3.8) is 0 Å². The number of carbonyl (C=O) groups excluding carboxylic acids is 1. The highest BCUT2D eigenvalue weighted by atomic mass is 16.3. The molecule has 2 heterocycles. The van der Waals surface area contributed by atoms with Crippen molar-refractivity contribution in [2.75, 3.05) is 6.54 Å². The maximum absolute atomic E-state index is 12.7. The summed E-state index contributed by atoms with van der Waals surface area (Å²) in [5.41, 5.74) is 2.76. The van der Waals surface area contributed by atoms with E-state index in [2.05, 4.69) is 33.5 Å². The van der Waals surface area contributed by atoms with E-state index in [-0.39, 0.29) is 28.1 Å². The molecule has 2 aromatic heterocycles. The van der Waals surface area contributed by atoms with Gasteiger partial charge in [-0.05, 0) is 37.3 Å². The maximum Gasteiger partial charge on any atom is 0.262 e. The number of amides is 1. The van der Waals surface area contributed by atoms with Gasteiger partial charge < -0.3 is 14.7 Å². The fraction of sp³-hybridized carbons (Fsp3) is 0.316. The molecule has 6 heteroatoms. The second-order valence-corrected chi connectivity index (χ2v) is 6.44. The van der Waals surface area contributed by atoms with E-state index >= 15 is 0 Å². The summed E-state index contributed by atoms with van der Waals surface area (Å²) in [5.74, 6) is 0.405. The fourth-order valence-corrected chi connectivity index (χ4v) is 3.70. The quantitative estimate of drug-likeness (QED) is 0.769. The van der Waals surface area contributed by atoms with E-state index in [1.807, 2.05) is 6.07 Å². The molecule has 6 nitrogen and oxygen atoms in total. The van der Waals surface area contributed by atoms with Gasteiger partial charge in [0.25, 0.3) is 11.5 Å². The molecule has 25 heavy (non-hydrogen) atoms. The third kappa shape index (κ3) is 2.73. The number of aromatic nitrogens is 2. The molecule has 0 saturated carbocycles. The van der Waals surface area contributed by atoms with E-state index in [0.717, 1.165) is 19.3 Å². The number of rotatable bonds is 3. The molecule has 0 bridgehead atoms. The van der Waals surface area contributed by atoms with Crippen LogP contribution in [-0.4, -0.2) is 22.4 Å². The van der Waals surface area contributed by atoms with Crippen molar-refractivity contribution >= 4 is 17.0 Å². The van der Waals surface area contributed by atoms with E-state index in [4.69, 9.17) is 4.42 Å². The summed E-state index contributed by atoms with van der Waals surface area (Å²) < 4.78 is 5.46. The smallest absolute Gasteiger partial charge is 0.262 e. The molecule has 0 radical (unpaired) electrons. The Bertz CT molecular complexity index is 1000. The number of hydrogen-bond acceptors (Lipinski definition) is 4. The lowest BCUT2D eigenvalue weighted by molar-refractivity contribution is 0.0950. The standard InChI is InChI=1S/C19H19N3O3/c1-11-15(16-18(24)21-10-22-19(16)25-11)17(23)20-9-13-7-4-6-12-5-2-3-8-14(12)13/h2-3,5,8,10,13H,4,6-7,9H2,1H3,(H,20,23)(H,21,22,24). The van der Waals surface area contributed by atoms with Gasteiger partial charge in [0, 0.05) is 12.5 Å². The molecular weight excluding hydrogens is 318 g/mol. The molecule has 0 saturated heterocycles. The fourth-order valence-electron chi connectivity index (χ4n) is 3.70.